The smallest absolute Gasteiger partial charge is 0.126 e. The van der Waals surface area contributed by atoms with Gasteiger partial charge in [0.15, 0.2) is 0 Å². The second-order valence-electron chi connectivity index (χ2n) is 6.05. The Kier molecular flexibility index (Phi) is 4.46. The molecule has 0 heterocycles. The van der Waals surface area contributed by atoms with E-state index in [1.165, 1.54) is 12.1 Å². The summed E-state index contributed by atoms with van der Waals surface area (Å²) in [6.07, 6.45) is 0.199. The molecule has 0 fully saturated rings. The van der Waals surface area contributed by atoms with Crippen LogP contribution >= 0.6 is 0 Å². The zero-order valence-electron chi connectivity index (χ0n) is 11.3. The zero-order chi connectivity index (χ0) is 14.0. The van der Waals surface area contributed by atoms with Crippen molar-refractivity contribution in [1.29, 1.82) is 0 Å². The fraction of sp³-hybridized carbons (Fsp3) is 0.571. The topological polar surface area (TPSA) is 32.3 Å². The lowest BCUT2D eigenvalue weighted by atomic mass is 9.95. The Hall–Kier alpha value is -1.00. The summed E-state index contributed by atoms with van der Waals surface area (Å²) in [4.78, 5) is 0. The van der Waals surface area contributed by atoms with Crippen LogP contribution in [0.3, 0.4) is 0 Å². The summed E-state index contributed by atoms with van der Waals surface area (Å²) in [6.45, 7) is 7.98. The third kappa shape index (κ3) is 5.56. The molecule has 2 N–H and O–H groups in total. The molecule has 18 heavy (non-hydrogen) atoms. The monoisotopic (exact) mass is 257 g/mol. The SMILES string of the molecule is CC(O)(CNC(C)(C)C)Cc1cc(F)cc(F)c1. The van der Waals surface area contributed by atoms with Crippen molar-refractivity contribution in [2.75, 3.05) is 6.54 Å². The second kappa shape index (κ2) is 5.33. The van der Waals surface area contributed by atoms with Crippen molar-refractivity contribution in [3.05, 3.63) is 35.4 Å². The summed E-state index contributed by atoms with van der Waals surface area (Å²) < 4.78 is 26.1. The predicted octanol–water partition coefficient (Wildman–Crippen LogP) is 2.65. The molecule has 0 spiro atoms. The molecule has 1 rings (SSSR count). The first-order chi connectivity index (χ1) is 8.07. The molecule has 1 atom stereocenters. The number of halogens is 2. The van der Waals surface area contributed by atoms with Gasteiger partial charge in [-0.25, -0.2) is 8.78 Å². The number of β-amino-alcohol motifs (C(OH)–C–C–N with tert-alkyl or cyclic N) is 1. The van der Waals surface area contributed by atoms with E-state index in [1.54, 1.807) is 6.92 Å². The van der Waals surface area contributed by atoms with Gasteiger partial charge in [-0.3, -0.25) is 0 Å². The number of hydrogen-bond acceptors (Lipinski definition) is 2. The van der Waals surface area contributed by atoms with Crippen molar-refractivity contribution in [2.24, 2.45) is 0 Å². The molecule has 2 nitrogen and oxygen atoms in total. The summed E-state index contributed by atoms with van der Waals surface area (Å²) in [6, 6.07) is 3.31. The molecule has 0 amide bonds. The fourth-order valence-corrected chi connectivity index (χ4v) is 1.67. The lowest BCUT2D eigenvalue weighted by Gasteiger charge is -2.29. The van der Waals surface area contributed by atoms with Crippen LogP contribution in [-0.2, 0) is 6.42 Å². The second-order valence-corrected chi connectivity index (χ2v) is 6.05. The molecule has 0 aromatic heterocycles. The zero-order valence-corrected chi connectivity index (χ0v) is 11.3. The highest BCUT2D eigenvalue weighted by molar-refractivity contribution is 5.19. The quantitative estimate of drug-likeness (QED) is 0.869. The molecule has 1 aromatic carbocycles. The Morgan fingerprint density at radius 1 is 1.06 bits per heavy atom. The van der Waals surface area contributed by atoms with Gasteiger partial charge in [-0.05, 0) is 45.4 Å². The molecule has 0 aliphatic carbocycles. The van der Waals surface area contributed by atoms with Crippen LogP contribution in [0.15, 0.2) is 18.2 Å². The maximum atomic E-state index is 13.0. The molecular weight excluding hydrogens is 236 g/mol. The van der Waals surface area contributed by atoms with E-state index in [0.717, 1.165) is 6.07 Å². The number of benzene rings is 1. The van der Waals surface area contributed by atoms with E-state index in [9.17, 15) is 13.9 Å². The minimum atomic E-state index is -1.05. The number of rotatable bonds is 4. The summed E-state index contributed by atoms with van der Waals surface area (Å²) in [5.74, 6) is -1.24. The highest BCUT2D eigenvalue weighted by Crippen LogP contribution is 2.16. The highest BCUT2D eigenvalue weighted by atomic mass is 19.1. The number of hydrogen-bond donors (Lipinski definition) is 2. The van der Waals surface area contributed by atoms with E-state index in [2.05, 4.69) is 5.32 Å². The maximum absolute atomic E-state index is 13.0. The first kappa shape index (κ1) is 15.1. The molecule has 0 aliphatic rings. The summed E-state index contributed by atoms with van der Waals surface area (Å²) >= 11 is 0. The third-order valence-corrected chi connectivity index (χ3v) is 2.51. The Labute approximate surface area is 107 Å². The van der Waals surface area contributed by atoms with Gasteiger partial charge in [0.05, 0.1) is 5.60 Å². The van der Waals surface area contributed by atoms with Gasteiger partial charge in [0.1, 0.15) is 11.6 Å². The van der Waals surface area contributed by atoms with Crippen molar-refractivity contribution in [3.63, 3.8) is 0 Å². The van der Waals surface area contributed by atoms with Gasteiger partial charge < -0.3 is 10.4 Å². The van der Waals surface area contributed by atoms with Crippen molar-refractivity contribution in [3.8, 4) is 0 Å². The lowest BCUT2D eigenvalue weighted by molar-refractivity contribution is 0.0533. The molecule has 0 radical (unpaired) electrons. The molecule has 102 valence electrons. The molecule has 1 aromatic rings. The average molecular weight is 257 g/mol. The molecule has 0 saturated heterocycles. The van der Waals surface area contributed by atoms with Crippen molar-refractivity contribution < 1.29 is 13.9 Å². The van der Waals surface area contributed by atoms with E-state index in [1.807, 2.05) is 20.8 Å². The largest absolute Gasteiger partial charge is 0.389 e. The lowest BCUT2D eigenvalue weighted by Crippen LogP contribution is -2.47. The van der Waals surface area contributed by atoms with E-state index in [-0.39, 0.29) is 12.0 Å². The van der Waals surface area contributed by atoms with Crippen molar-refractivity contribution >= 4 is 0 Å². The van der Waals surface area contributed by atoms with Gasteiger partial charge in [0.25, 0.3) is 0 Å². The van der Waals surface area contributed by atoms with Crippen LogP contribution in [0.4, 0.5) is 8.78 Å². The van der Waals surface area contributed by atoms with Crippen LogP contribution in [0.2, 0.25) is 0 Å². The van der Waals surface area contributed by atoms with Crippen LogP contribution in [-0.4, -0.2) is 22.8 Å². The molecule has 0 saturated carbocycles. The first-order valence-electron chi connectivity index (χ1n) is 6.00. The minimum Gasteiger partial charge on any atom is -0.389 e. The van der Waals surface area contributed by atoms with Crippen LogP contribution in [0.1, 0.15) is 33.3 Å². The van der Waals surface area contributed by atoms with Crippen LogP contribution < -0.4 is 5.32 Å². The standard InChI is InChI=1S/C14H21F2NO/c1-13(2,3)17-9-14(4,18)8-10-5-11(15)7-12(16)6-10/h5-7,17-18H,8-9H2,1-4H3. The normalized spacial score (nSPS) is 15.5. The van der Waals surface area contributed by atoms with Crippen LogP contribution in [0.5, 0.6) is 0 Å². The van der Waals surface area contributed by atoms with Crippen LogP contribution in [0.25, 0.3) is 0 Å². The first-order valence-corrected chi connectivity index (χ1v) is 6.00. The number of nitrogens with one attached hydrogen (secondary N) is 1. The van der Waals surface area contributed by atoms with E-state index in [4.69, 9.17) is 0 Å². The maximum Gasteiger partial charge on any atom is 0.126 e. The minimum absolute atomic E-state index is 0.114. The Morgan fingerprint density at radius 2 is 1.56 bits per heavy atom. The van der Waals surface area contributed by atoms with Gasteiger partial charge in [0, 0.05) is 24.6 Å². The van der Waals surface area contributed by atoms with Crippen molar-refractivity contribution in [1.82, 2.24) is 5.32 Å². The van der Waals surface area contributed by atoms with Gasteiger partial charge in [-0.2, -0.15) is 0 Å². The summed E-state index contributed by atoms with van der Waals surface area (Å²) in [5, 5.41) is 13.4. The van der Waals surface area contributed by atoms with Gasteiger partial charge in [-0.1, -0.05) is 0 Å². The Balaban J connectivity index is 2.69. The van der Waals surface area contributed by atoms with Crippen LogP contribution in [0, 0.1) is 11.6 Å². The molecule has 0 bridgehead atoms. The fourth-order valence-electron chi connectivity index (χ4n) is 1.67. The summed E-state index contributed by atoms with van der Waals surface area (Å²) in [5.41, 5.74) is -0.710. The third-order valence-electron chi connectivity index (χ3n) is 2.51. The van der Waals surface area contributed by atoms with Crippen molar-refractivity contribution in [2.45, 2.75) is 45.3 Å². The highest BCUT2D eigenvalue weighted by Gasteiger charge is 2.23. The molecule has 0 aliphatic heterocycles. The molecule has 4 heteroatoms. The summed E-state index contributed by atoms with van der Waals surface area (Å²) in [7, 11) is 0. The number of aliphatic hydroxyl groups is 1. The van der Waals surface area contributed by atoms with Gasteiger partial charge >= 0.3 is 0 Å². The van der Waals surface area contributed by atoms with E-state index in [0.29, 0.717) is 12.1 Å². The van der Waals surface area contributed by atoms with E-state index >= 15 is 0 Å². The molecule has 1 unspecified atom stereocenters. The Morgan fingerprint density at radius 3 is 2.00 bits per heavy atom. The molecular formula is C14H21F2NO. The van der Waals surface area contributed by atoms with Gasteiger partial charge in [-0.15, -0.1) is 0 Å². The van der Waals surface area contributed by atoms with Gasteiger partial charge in [0.2, 0.25) is 0 Å². The van der Waals surface area contributed by atoms with E-state index < -0.39 is 17.2 Å². The average Bonchev–Trinajstić information content (AvgIpc) is 2.11. The predicted molar refractivity (Wildman–Crippen MR) is 68.4 cm³/mol. The Bertz CT molecular complexity index is 390.